The highest BCUT2D eigenvalue weighted by Crippen LogP contribution is 2.20. The fourth-order valence-electron chi connectivity index (χ4n) is 2.28. The molecule has 0 bridgehead atoms. The zero-order valence-electron chi connectivity index (χ0n) is 13.3. The van der Waals surface area contributed by atoms with Crippen molar-refractivity contribution in [3.05, 3.63) is 28.7 Å². The fourth-order valence-corrected chi connectivity index (χ4v) is 2.66. The van der Waals surface area contributed by atoms with Crippen molar-refractivity contribution < 1.29 is 4.79 Å². The molecule has 0 aromatic heterocycles. The van der Waals surface area contributed by atoms with Crippen LogP contribution in [0.2, 0.25) is 0 Å². The van der Waals surface area contributed by atoms with E-state index in [0.717, 1.165) is 23.2 Å². The molecule has 0 radical (unpaired) electrons. The molecule has 0 aliphatic heterocycles. The second-order valence-electron chi connectivity index (χ2n) is 5.63. The van der Waals surface area contributed by atoms with E-state index in [1.165, 1.54) is 0 Å². The van der Waals surface area contributed by atoms with Gasteiger partial charge in [-0.2, -0.15) is 0 Å². The molecule has 1 rings (SSSR count). The molecule has 0 spiro atoms. The zero-order chi connectivity index (χ0) is 15.8. The number of hydrogen-bond acceptors (Lipinski definition) is 3. The third-order valence-electron chi connectivity index (χ3n) is 3.31. The zero-order valence-corrected chi connectivity index (χ0v) is 14.9. The number of hydrogen-bond donors (Lipinski definition) is 2. The predicted octanol–water partition coefficient (Wildman–Crippen LogP) is 3.10. The lowest BCUT2D eigenvalue weighted by Crippen LogP contribution is -2.42. The minimum absolute atomic E-state index is 0.0254. The maximum Gasteiger partial charge on any atom is 0.238 e. The Morgan fingerprint density at radius 2 is 1.81 bits per heavy atom. The summed E-state index contributed by atoms with van der Waals surface area (Å²) in [6, 6.07) is 8.64. The van der Waals surface area contributed by atoms with E-state index >= 15 is 0 Å². The minimum Gasteiger partial charge on any atom is -0.324 e. The van der Waals surface area contributed by atoms with Gasteiger partial charge in [0.15, 0.2) is 0 Å². The van der Waals surface area contributed by atoms with E-state index in [2.05, 4.69) is 59.2 Å². The molecule has 0 heterocycles. The molecule has 0 saturated carbocycles. The van der Waals surface area contributed by atoms with E-state index in [0.29, 0.717) is 18.6 Å². The van der Waals surface area contributed by atoms with Gasteiger partial charge in [-0.05, 0) is 55.8 Å². The van der Waals surface area contributed by atoms with Crippen molar-refractivity contribution in [2.24, 2.45) is 0 Å². The van der Waals surface area contributed by atoms with E-state index in [1.807, 2.05) is 24.3 Å². The van der Waals surface area contributed by atoms with Crippen LogP contribution >= 0.6 is 15.9 Å². The standard InChI is InChI=1S/C16H26BrN3O/c1-12(2)20(13(3)4)10-9-18-11-16(21)19-15-8-6-5-7-14(15)17/h5-8,12-13,18H,9-11H2,1-4H3,(H,19,21). The maximum absolute atomic E-state index is 11.9. The molecule has 1 aromatic carbocycles. The molecule has 0 unspecified atom stereocenters. The van der Waals surface area contributed by atoms with Crippen LogP contribution < -0.4 is 10.6 Å². The first kappa shape index (κ1) is 18.1. The van der Waals surface area contributed by atoms with Gasteiger partial charge in [-0.25, -0.2) is 0 Å². The molecule has 0 atom stereocenters. The molecule has 0 aliphatic carbocycles. The van der Waals surface area contributed by atoms with Gasteiger partial charge in [-0.15, -0.1) is 0 Å². The quantitative estimate of drug-likeness (QED) is 0.704. The summed E-state index contributed by atoms with van der Waals surface area (Å²) in [5.41, 5.74) is 0.801. The summed E-state index contributed by atoms with van der Waals surface area (Å²) in [6.07, 6.45) is 0. The number of rotatable bonds is 8. The molecule has 0 saturated heterocycles. The molecule has 1 amide bonds. The van der Waals surface area contributed by atoms with Crippen molar-refractivity contribution in [1.29, 1.82) is 0 Å². The summed E-state index contributed by atoms with van der Waals surface area (Å²) in [4.78, 5) is 14.3. The van der Waals surface area contributed by atoms with Gasteiger partial charge >= 0.3 is 0 Å². The average Bonchev–Trinajstić information content (AvgIpc) is 2.40. The van der Waals surface area contributed by atoms with Crippen LogP contribution in [0.5, 0.6) is 0 Å². The Hall–Kier alpha value is -0.910. The molecular weight excluding hydrogens is 330 g/mol. The summed E-state index contributed by atoms with van der Waals surface area (Å²) >= 11 is 3.42. The van der Waals surface area contributed by atoms with Crippen LogP contribution in [0.15, 0.2) is 28.7 Å². The van der Waals surface area contributed by atoms with E-state index in [4.69, 9.17) is 0 Å². The van der Waals surface area contributed by atoms with Crippen molar-refractivity contribution in [2.45, 2.75) is 39.8 Å². The molecule has 2 N–H and O–H groups in total. The van der Waals surface area contributed by atoms with Gasteiger partial charge in [0.05, 0.1) is 12.2 Å². The van der Waals surface area contributed by atoms with Gasteiger partial charge in [0.25, 0.3) is 0 Å². The number of nitrogens with zero attached hydrogens (tertiary/aromatic N) is 1. The van der Waals surface area contributed by atoms with Crippen LogP contribution in [0.3, 0.4) is 0 Å². The number of carbonyl (C=O) groups excluding carboxylic acids is 1. The highest BCUT2D eigenvalue weighted by molar-refractivity contribution is 9.10. The number of amides is 1. The average molecular weight is 356 g/mol. The third-order valence-corrected chi connectivity index (χ3v) is 4.00. The van der Waals surface area contributed by atoms with Crippen molar-refractivity contribution in [2.75, 3.05) is 25.0 Å². The Morgan fingerprint density at radius 1 is 1.19 bits per heavy atom. The highest BCUT2D eigenvalue weighted by Gasteiger charge is 2.12. The Morgan fingerprint density at radius 3 is 2.38 bits per heavy atom. The third kappa shape index (κ3) is 6.59. The first-order chi connectivity index (χ1) is 9.91. The second kappa shape index (κ2) is 9.18. The second-order valence-corrected chi connectivity index (χ2v) is 6.48. The number of carbonyl (C=O) groups is 1. The van der Waals surface area contributed by atoms with Crippen molar-refractivity contribution in [3.63, 3.8) is 0 Å². The normalized spacial score (nSPS) is 11.4. The van der Waals surface area contributed by atoms with E-state index < -0.39 is 0 Å². The summed E-state index contributed by atoms with van der Waals surface area (Å²) in [5.74, 6) is -0.0254. The van der Waals surface area contributed by atoms with Crippen LogP contribution in [0.25, 0.3) is 0 Å². The summed E-state index contributed by atoms with van der Waals surface area (Å²) in [7, 11) is 0. The van der Waals surface area contributed by atoms with Gasteiger partial charge in [-0.1, -0.05) is 12.1 Å². The van der Waals surface area contributed by atoms with Crippen molar-refractivity contribution >= 4 is 27.5 Å². The fraction of sp³-hybridized carbons (Fsp3) is 0.562. The Bertz CT molecular complexity index is 441. The highest BCUT2D eigenvalue weighted by atomic mass is 79.9. The van der Waals surface area contributed by atoms with Crippen LogP contribution in [0.1, 0.15) is 27.7 Å². The summed E-state index contributed by atoms with van der Waals surface area (Å²) in [5, 5.41) is 6.08. The van der Waals surface area contributed by atoms with Crippen molar-refractivity contribution in [1.82, 2.24) is 10.2 Å². The van der Waals surface area contributed by atoms with Crippen LogP contribution in [0.4, 0.5) is 5.69 Å². The molecular formula is C16H26BrN3O. The Labute approximate surface area is 136 Å². The van der Waals surface area contributed by atoms with Gasteiger partial charge < -0.3 is 10.6 Å². The molecule has 0 fully saturated rings. The topological polar surface area (TPSA) is 44.4 Å². The van der Waals surface area contributed by atoms with Gasteiger partial charge in [0.1, 0.15) is 0 Å². The monoisotopic (exact) mass is 355 g/mol. The van der Waals surface area contributed by atoms with Crippen molar-refractivity contribution in [3.8, 4) is 0 Å². The number of anilines is 1. The maximum atomic E-state index is 11.9. The number of para-hydroxylation sites is 1. The molecule has 4 nitrogen and oxygen atoms in total. The van der Waals surface area contributed by atoms with Crippen LogP contribution in [-0.4, -0.2) is 42.5 Å². The lowest BCUT2D eigenvalue weighted by atomic mass is 10.2. The van der Waals surface area contributed by atoms with E-state index in [-0.39, 0.29) is 5.91 Å². The summed E-state index contributed by atoms with van der Waals surface area (Å²) in [6.45, 7) is 10.8. The number of benzene rings is 1. The molecule has 118 valence electrons. The van der Waals surface area contributed by atoms with E-state index in [9.17, 15) is 4.79 Å². The number of nitrogens with one attached hydrogen (secondary N) is 2. The Kier molecular flexibility index (Phi) is 7.93. The largest absolute Gasteiger partial charge is 0.324 e. The van der Waals surface area contributed by atoms with E-state index in [1.54, 1.807) is 0 Å². The lowest BCUT2D eigenvalue weighted by molar-refractivity contribution is -0.115. The minimum atomic E-state index is -0.0254. The van der Waals surface area contributed by atoms with Crippen LogP contribution in [0, 0.1) is 0 Å². The molecule has 5 heteroatoms. The first-order valence-corrected chi connectivity index (χ1v) is 8.22. The lowest BCUT2D eigenvalue weighted by Gasteiger charge is -2.30. The Balaban J connectivity index is 2.29. The number of halogens is 1. The van der Waals surface area contributed by atoms with Crippen LogP contribution in [-0.2, 0) is 4.79 Å². The summed E-state index contributed by atoms with van der Waals surface area (Å²) < 4.78 is 0.893. The predicted molar refractivity (Wildman–Crippen MR) is 92.6 cm³/mol. The SMILES string of the molecule is CC(C)N(CCNCC(=O)Nc1ccccc1Br)C(C)C. The molecule has 21 heavy (non-hydrogen) atoms. The van der Waals surface area contributed by atoms with Gasteiger partial charge in [0, 0.05) is 29.6 Å². The smallest absolute Gasteiger partial charge is 0.238 e. The van der Waals surface area contributed by atoms with Gasteiger partial charge in [-0.3, -0.25) is 9.69 Å². The first-order valence-electron chi connectivity index (χ1n) is 7.42. The molecule has 0 aliphatic rings. The molecule has 1 aromatic rings. The van der Waals surface area contributed by atoms with Gasteiger partial charge in [0.2, 0.25) is 5.91 Å².